The molecule has 1 aliphatic carbocycles. The zero-order valence-electron chi connectivity index (χ0n) is 20.9. The van der Waals surface area contributed by atoms with E-state index in [2.05, 4.69) is 39.8 Å². The van der Waals surface area contributed by atoms with E-state index in [0.717, 1.165) is 64.7 Å². The number of amides is 2. The molecule has 6 nitrogen and oxygen atoms in total. The van der Waals surface area contributed by atoms with Crippen molar-refractivity contribution in [1.29, 1.82) is 0 Å². The zero-order chi connectivity index (χ0) is 24.5. The Morgan fingerprint density at radius 1 is 0.889 bits per heavy atom. The molecule has 2 saturated heterocycles. The first-order valence-corrected chi connectivity index (χ1v) is 13.8. The molecule has 3 aliphatic heterocycles. The van der Waals surface area contributed by atoms with Crippen LogP contribution in [0.2, 0.25) is 0 Å². The fourth-order valence-electron chi connectivity index (χ4n) is 7.21. The van der Waals surface area contributed by atoms with E-state index in [4.69, 9.17) is 4.74 Å². The Balaban J connectivity index is 1.25. The molecule has 0 bridgehead atoms. The molecule has 3 fully saturated rings. The standard InChI is InChI=1S/C30H37N3O3/c34-29(21-8-2-1-3-9-21)32-26-13-7-5-11-23(26)30(35)33-17-14-24-27(20-15-18-36-19-16-20)31-25-12-6-4-10-22(25)28(24)33/h1-4,6,8-10,12,20,23-24,26-28,31H,5,7,11,13-19H2,(H,32,34)/t23-,24+,26+,27+,28-/m0/s1. The first-order valence-electron chi connectivity index (χ1n) is 13.8. The second-order valence-corrected chi connectivity index (χ2v) is 11.0. The number of likely N-dealkylation sites (tertiary alicyclic amines) is 1. The van der Waals surface area contributed by atoms with Crippen molar-refractivity contribution in [2.24, 2.45) is 17.8 Å². The number of hydrogen-bond acceptors (Lipinski definition) is 4. The quantitative estimate of drug-likeness (QED) is 0.651. The van der Waals surface area contributed by atoms with Crippen LogP contribution in [-0.4, -0.2) is 48.6 Å². The Morgan fingerprint density at radius 3 is 2.47 bits per heavy atom. The van der Waals surface area contributed by atoms with Gasteiger partial charge in [0.15, 0.2) is 0 Å². The third-order valence-corrected chi connectivity index (χ3v) is 9.00. The van der Waals surface area contributed by atoms with Crippen LogP contribution in [0.25, 0.3) is 0 Å². The summed E-state index contributed by atoms with van der Waals surface area (Å²) in [5, 5.41) is 7.11. The van der Waals surface area contributed by atoms with Crippen molar-refractivity contribution in [2.45, 2.75) is 63.1 Å². The molecule has 1 saturated carbocycles. The van der Waals surface area contributed by atoms with Gasteiger partial charge in [0.05, 0.1) is 12.0 Å². The van der Waals surface area contributed by atoms with E-state index in [-0.39, 0.29) is 29.8 Å². The molecule has 3 heterocycles. The highest BCUT2D eigenvalue weighted by atomic mass is 16.5. The number of nitrogens with one attached hydrogen (secondary N) is 2. The van der Waals surface area contributed by atoms with Gasteiger partial charge in [0, 0.05) is 49.0 Å². The lowest BCUT2D eigenvalue weighted by Gasteiger charge is -2.45. The Labute approximate surface area is 213 Å². The summed E-state index contributed by atoms with van der Waals surface area (Å²) in [6.45, 7) is 2.45. The van der Waals surface area contributed by atoms with Crippen LogP contribution in [-0.2, 0) is 9.53 Å². The maximum Gasteiger partial charge on any atom is 0.251 e. The van der Waals surface area contributed by atoms with Gasteiger partial charge in [-0.1, -0.05) is 49.2 Å². The van der Waals surface area contributed by atoms with E-state index in [1.54, 1.807) is 0 Å². The number of nitrogens with zero attached hydrogens (tertiary/aromatic N) is 1. The molecule has 5 atom stereocenters. The lowest BCUT2D eigenvalue weighted by Crippen LogP contribution is -2.51. The SMILES string of the molecule is O=C(N[C@@H]1CCCC[C@@H]1C(=O)N1CC[C@@H]2[C@@H](C3CCOCC3)Nc3ccccc3[C@@H]21)c1ccccc1. The van der Waals surface area contributed by atoms with Gasteiger partial charge >= 0.3 is 0 Å². The molecule has 0 radical (unpaired) electrons. The van der Waals surface area contributed by atoms with E-state index >= 15 is 0 Å². The van der Waals surface area contributed by atoms with Crippen molar-refractivity contribution in [3.63, 3.8) is 0 Å². The monoisotopic (exact) mass is 487 g/mol. The highest BCUT2D eigenvalue weighted by molar-refractivity contribution is 5.94. The van der Waals surface area contributed by atoms with E-state index in [1.807, 2.05) is 30.3 Å². The molecule has 0 unspecified atom stereocenters. The van der Waals surface area contributed by atoms with E-state index in [9.17, 15) is 9.59 Å². The lowest BCUT2D eigenvalue weighted by molar-refractivity contribution is -0.139. The third-order valence-electron chi connectivity index (χ3n) is 9.00. The number of fused-ring (bicyclic) bond motifs is 3. The number of ether oxygens (including phenoxy) is 1. The van der Waals surface area contributed by atoms with Crippen LogP contribution in [0, 0.1) is 17.8 Å². The second-order valence-electron chi connectivity index (χ2n) is 11.0. The second kappa shape index (κ2) is 10.3. The highest BCUT2D eigenvalue weighted by Crippen LogP contribution is 2.49. The summed E-state index contributed by atoms with van der Waals surface area (Å²) in [7, 11) is 0. The molecule has 6 rings (SSSR count). The van der Waals surface area contributed by atoms with Crippen molar-refractivity contribution in [2.75, 3.05) is 25.1 Å². The minimum absolute atomic E-state index is 0.0774. The van der Waals surface area contributed by atoms with Crippen LogP contribution in [0.1, 0.15) is 66.9 Å². The summed E-state index contributed by atoms with van der Waals surface area (Å²) in [5.41, 5.74) is 3.08. The van der Waals surface area contributed by atoms with Crippen LogP contribution < -0.4 is 10.6 Å². The molecule has 190 valence electrons. The van der Waals surface area contributed by atoms with Crippen molar-refractivity contribution in [3.8, 4) is 0 Å². The van der Waals surface area contributed by atoms with Crippen molar-refractivity contribution < 1.29 is 14.3 Å². The van der Waals surface area contributed by atoms with Gasteiger partial charge in [0.25, 0.3) is 5.91 Å². The normalized spacial score (nSPS) is 30.1. The molecular weight excluding hydrogens is 450 g/mol. The maximum absolute atomic E-state index is 14.2. The minimum atomic E-state index is -0.159. The minimum Gasteiger partial charge on any atom is -0.381 e. The number of para-hydroxylation sites is 1. The van der Waals surface area contributed by atoms with Crippen LogP contribution in [0.15, 0.2) is 54.6 Å². The van der Waals surface area contributed by atoms with Gasteiger partial charge in [-0.05, 0) is 61.8 Å². The largest absolute Gasteiger partial charge is 0.381 e. The maximum atomic E-state index is 14.2. The fraction of sp³-hybridized carbons (Fsp3) is 0.533. The van der Waals surface area contributed by atoms with Crippen LogP contribution in [0.3, 0.4) is 0 Å². The van der Waals surface area contributed by atoms with Gasteiger partial charge in [-0.25, -0.2) is 0 Å². The Hall–Kier alpha value is -2.86. The summed E-state index contributed by atoms with van der Waals surface area (Å²) < 4.78 is 5.66. The van der Waals surface area contributed by atoms with Gasteiger partial charge < -0.3 is 20.3 Å². The number of benzene rings is 2. The summed E-state index contributed by atoms with van der Waals surface area (Å²) in [5.74, 6) is 0.971. The van der Waals surface area contributed by atoms with Crippen LogP contribution in [0.4, 0.5) is 5.69 Å². The van der Waals surface area contributed by atoms with E-state index in [0.29, 0.717) is 23.4 Å². The van der Waals surface area contributed by atoms with Crippen molar-refractivity contribution in [1.82, 2.24) is 10.2 Å². The third kappa shape index (κ3) is 4.40. The Kier molecular flexibility index (Phi) is 6.70. The Morgan fingerprint density at radius 2 is 1.64 bits per heavy atom. The predicted molar refractivity (Wildman–Crippen MR) is 140 cm³/mol. The first kappa shape index (κ1) is 23.5. The molecule has 2 N–H and O–H groups in total. The van der Waals surface area contributed by atoms with Crippen molar-refractivity contribution >= 4 is 17.5 Å². The number of carbonyl (C=O) groups excluding carboxylic acids is 2. The number of hydrogen-bond donors (Lipinski definition) is 2. The molecule has 2 aromatic carbocycles. The summed E-state index contributed by atoms with van der Waals surface area (Å²) >= 11 is 0. The molecule has 6 heteroatoms. The molecule has 4 aliphatic rings. The molecule has 0 aromatic heterocycles. The molecule has 0 spiro atoms. The zero-order valence-corrected chi connectivity index (χ0v) is 20.9. The molecule has 2 aromatic rings. The molecule has 2 amide bonds. The lowest BCUT2D eigenvalue weighted by atomic mass is 9.75. The topological polar surface area (TPSA) is 70.7 Å². The molecule has 36 heavy (non-hydrogen) atoms. The van der Waals surface area contributed by atoms with Gasteiger partial charge in [-0.3, -0.25) is 9.59 Å². The number of carbonyl (C=O) groups is 2. The predicted octanol–water partition coefficient (Wildman–Crippen LogP) is 4.79. The average Bonchev–Trinajstić information content (AvgIpc) is 3.39. The first-order chi connectivity index (χ1) is 17.7. The number of rotatable bonds is 4. The smallest absolute Gasteiger partial charge is 0.251 e. The summed E-state index contributed by atoms with van der Waals surface area (Å²) in [4.78, 5) is 29.3. The highest BCUT2D eigenvalue weighted by Gasteiger charge is 2.49. The molecular formula is C30H37N3O3. The number of anilines is 1. The van der Waals surface area contributed by atoms with Gasteiger partial charge in [0.2, 0.25) is 5.91 Å². The fourth-order valence-corrected chi connectivity index (χ4v) is 7.21. The summed E-state index contributed by atoms with van der Waals surface area (Å²) in [6, 6.07) is 18.3. The summed E-state index contributed by atoms with van der Waals surface area (Å²) in [6.07, 6.45) is 6.97. The van der Waals surface area contributed by atoms with E-state index < -0.39 is 0 Å². The van der Waals surface area contributed by atoms with Gasteiger partial charge in [-0.2, -0.15) is 0 Å². The van der Waals surface area contributed by atoms with Gasteiger partial charge in [-0.15, -0.1) is 0 Å². The van der Waals surface area contributed by atoms with Crippen molar-refractivity contribution in [3.05, 3.63) is 65.7 Å². The van der Waals surface area contributed by atoms with Crippen LogP contribution >= 0.6 is 0 Å². The van der Waals surface area contributed by atoms with E-state index in [1.165, 1.54) is 11.3 Å². The average molecular weight is 488 g/mol. The van der Waals surface area contributed by atoms with Gasteiger partial charge in [0.1, 0.15) is 0 Å². The Bertz CT molecular complexity index is 1080. The van der Waals surface area contributed by atoms with Crippen LogP contribution in [0.5, 0.6) is 0 Å².